The molecule has 21 heavy (non-hydrogen) atoms. The van der Waals surface area contributed by atoms with E-state index in [1.807, 2.05) is 20.8 Å². The largest absolute Gasteiger partial charge is 0.389 e. The van der Waals surface area contributed by atoms with E-state index in [1.165, 1.54) is 23.5 Å². The Bertz CT molecular complexity index is 698. The fourth-order valence-electron chi connectivity index (χ4n) is 2.10. The highest BCUT2D eigenvalue weighted by molar-refractivity contribution is 7.80. The Balaban J connectivity index is 2.30. The van der Waals surface area contributed by atoms with Gasteiger partial charge in [0.2, 0.25) is 0 Å². The molecule has 3 nitrogen and oxygen atoms in total. The summed E-state index contributed by atoms with van der Waals surface area (Å²) in [6.45, 7) is 5.67. The number of nitrogens with two attached hydrogens (primary N) is 1. The normalized spacial score (nSPS) is 12.2. The smallest absolute Gasteiger partial charge is 0.182 e. The third-order valence-corrected chi connectivity index (χ3v) is 4.53. The number of anilines is 1. The number of benzene rings is 1. The molecule has 2 aromatic rings. The summed E-state index contributed by atoms with van der Waals surface area (Å²) in [4.78, 5) is 5.15. The molecule has 0 fully saturated rings. The van der Waals surface area contributed by atoms with Gasteiger partial charge in [0.25, 0.3) is 0 Å². The molecule has 7 heteroatoms. The molecule has 1 unspecified atom stereocenters. The molecule has 0 aliphatic carbocycles. The van der Waals surface area contributed by atoms with E-state index < -0.39 is 11.6 Å². The van der Waals surface area contributed by atoms with E-state index >= 15 is 0 Å². The molecule has 2 rings (SSSR count). The number of nitrogens with one attached hydrogen (secondary N) is 1. The molecule has 0 saturated heterocycles. The van der Waals surface area contributed by atoms with Crippen LogP contribution in [0.2, 0.25) is 0 Å². The molecule has 0 spiro atoms. The first-order chi connectivity index (χ1) is 9.81. The van der Waals surface area contributed by atoms with Crippen molar-refractivity contribution in [3.63, 3.8) is 0 Å². The van der Waals surface area contributed by atoms with Gasteiger partial charge in [0, 0.05) is 10.4 Å². The molecule has 0 amide bonds. The summed E-state index contributed by atoms with van der Waals surface area (Å²) < 4.78 is 27.9. The van der Waals surface area contributed by atoms with Crippen molar-refractivity contribution in [1.29, 1.82) is 0 Å². The van der Waals surface area contributed by atoms with Gasteiger partial charge in [-0.05, 0) is 32.9 Å². The SMILES string of the molecule is Cc1nc(C)c(C(C)Nc2ccc(C(N)=S)c(F)c2F)s1. The van der Waals surface area contributed by atoms with Crippen LogP contribution in [-0.4, -0.2) is 9.97 Å². The van der Waals surface area contributed by atoms with Crippen molar-refractivity contribution in [3.05, 3.63) is 44.9 Å². The Morgan fingerprint density at radius 1 is 1.33 bits per heavy atom. The zero-order chi connectivity index (χ0) is 15.7. The van der Waals surface area contributed by atoms with Gasteiger partial charge in [0.05, 0.1) is 22.4 Å². The Morgan fingerprint density at radius 3 is 2.52 bits per heavy atom. The predicted octanol–water partition coefficient (Wildman–Crippen LogP) is 3.85. The minimum atomic E-state index is -1.03. The second-order valence-electron chi connectivity index (χ2n) is 4.70. The Labute approximate surface area is 131 Å². The van der Waals surface area contributed by atoms with Gasteiger partial charge in [-0.3, -0.25) is 0 Å². The third kappa shape index (κ3) is 3.19. The van der Waals surface area contributed by atoms with Gasteiger partial charge in [-0.25, -0.2) is 13.8 Å². The number of hydrogen-bond acceptors (Lipinski definition) is 4. The number of halogens is 2. The monoisotopic (exact) mass is 327 g/mol. The zero-order valence-electron chi connectivity index (χ0n) is 11.8. The van der Waals surface area contributed by atoms with Gasteiger partial charge in [0.15, 0.2) is 11.6 Å². The first-order valence-electron chi connectivity index (χ1n) is 6.29. The molecule has 3 N–H and O–H groups in total. The highest BCUT2D eigenvalue weighted by Crippen LogP contribution is 2.29. The van der Waals surface area contributed by atoms with Crippen LogP contribution in [-0.2, 0) is 0 Å². The molecule has 1 aromatic carbocycles. The highest BCUT2D eigenvalue weighted by atomic mass is 32.1. The molecule has 0 aliphatic heterocycles. The lowest BCUT2D eigenvalue weighted by molar-refractivity contribution is 0.508. The molecule has 1 aromatic heterocycles. The van der Waals surface area contributed by atoms with Crippen molar-refractivity contribution in [2.75, 3.05) is 5.32 Å². The molecule has 0 saturated carbocycles. The van der Waals surface area contributed by atoms with E-state index in [-0.39, 0.29) is 22.3 Å². The van der Waals surface area contributed by atoms with Crippen molar-refractivity contribution in [1.82, 2.24) is 4.98 Å². The number of hydrogen-bond donors (Lipinski definition) is 2. The van der Waals surface area contributed by atoms with E-state index in [9.17, 15) is 8.78 Å². The second kappa shape index (κ2) is 6.03. The summed E-state index contributed by atoms with van der Waals surface area (Å²) in [5, 5.41) is 3.90. The van der Waals surface area contributed by atoms with Crippen molar-refractivity contribution < 1.29 is 8.78 Å². The van der Waals surface area contributed by atoms with E-state index in [2.05, 4.69) is 22.5 Å². The molecule has 0 radical (unpaired) electrons. The topological polar surface area (TPSA) is 50.9 Å². The summed E-state index contributed by atoms with van der Waals surface area (Å²) in [5.74, 6) is -2.01. The number of nitrogens with zero attached hydrogens (tertiary/aromatic N) is 1. The molecule has 0 bridgehead atoms. The fraction of sp³-hybridized carbons (Fsp3) is 0.286. The lowest BCUT2D eigenvalue weighted by atomic mass is 10.1. The van der Waals surface area contributed by atoms with E-state index in [1.54, 1.807) is 0 Å². The van der Waals surface area contributed by atoms with Crippen LogP contribution in [0.3, 0.4) is 0 Å². The number of aromatic nitrogens is 1. The quantitative estimate of drug-likeness (QED) is 0.838. The number of thiazole rings is 1. The van der Waals surface area contributed by atoms with Gasteiger partial charge < -0.3 is 11.1 Å². The van der Waals surface area contributed by atoms with Crippen molar-refractivity contribution in [3.8, 4) is 0 Å². The highest BCUT2D eigenvalue weighted by Gasteiger charge is 2.18. The summed E-state index contributed by atoms with van der Waals surface area (Å²) in [5.41, 5.74) is 6.22. The zero-order valence-corrected chi connectivity index (χ0v) is 13.5. The first-order valence-corrected chi connectivity index (χ1v) is 7.52. The predicted molar refractivity (Wildman–Crippen MR) is 85.9 cm³/mol. The Hall–Kier alpha value is -1.60. The molecular formula is C14H15F2N3S2. The van der Waals surface area contributed by atoms with E-state index in [4.69, 9.17) is 5.73 Å². The van der Waals surface area contributed by atoms with Crippen LogP contribution in [0.15, 0.2) is 12.1 Å². The Morgan fingerprint density at radius 2 is 2.00 bits per heavy atom. The van der Waals surface area contributed by atoms with Crippen LogP contribution in [0.25, 0.3) is 0 Å². The van der Waals surface area contributed by atoms with Crippen LogP contribution in [0.1, 0.15) is 34.1 Å². The fourth-order valence-corrected chi connectivity index (χ4v) is 3.19. The minimum absolute atomic E-state index is 0.0745. The van der Waals surface area contributed by atoms with Crippen LogP contribution < -0.4 is 11.1 Å². The molecule has 112 valence electrons. The van der Waals surface area contributed by atoms with Gasteiger partial charge >= 0.3 is 0 Å². The standard InChI is InChI=1S/C14H15F2N3S2/c1-6-13(21-8(3)18-6)7(2)19-10-5-4-9(14(17)20)11(15)12(10)16/h4-5,7,19H,1-3H3,(H2,17,20). The van der Waals surface area contributed by atoms with Gasteiger partial charge in [-0.15, -0.1) is 11.3 Å². The average Bonchev–Trinajstić information content (AvgIpc) is 2.74. The first kappa shape index (κ1) is 15.8. The molecular weight excluding hydrogens is 312 g/mol. The van der Waals surface area contributed by atoms with E-state index in [0.29, 0.717) is 0 Å². The van der Waals surface area contributed by atoms with Crippen LogP contribution in [0.4, 0.5) is 14.5 Å². The minimum Gasteiger partial charge on any atom is -0.389 e. The summed E-state index contributed by atoms with van der Waals surface area (Å²) in [7, 11) is 0. The number of aryl methyl sites for hydroxylation is 2. The second-order valence-corrected chi connectivity index (χ2v) is 6.38. The van der Waals surface area contributed by atoms with Crippen molar-refractivity contribution in [2.45, 2.75) is 26.8 Å². The average molecular weight is 327 g/mol. The van der Waals surface area contributed by atoms with Crippen molar-refractivity contribution >= 4 is 34.2 Å². The van der Waals surface area contributed by atoms with Crippen LogP contribution >= 0.6 is 23.6 Å². The van der Waals surface area contributed by atoms with Gasteiger partial charge in [0.1, 0.15) is 4.99 Å². The number of rotatable bonds is 4. The maximum absolute atomic E-state index is 14.0. The summed E-state index contributed by atoms with van der Waals surface area (Å²) in [6, 6.07) is 2.63. The summed E-state index contributed by atoms with van der Waals surface area (Å²) >= 11 is 6.21. The van der Waals surface area contributed by atoms with Gasteiger partial charge in [-0.2, -0.15) is 0 Å². The molecule has 1 atom stereocenters. The summed E-state index contributed by atoms with van der Waals surface area (Å²) in [6.07, 6.45) is 0. The lowest BCUT2D eigenvalue weighted by Crippen LogP contribution is -2.14. The van der Waals surface area contributed by atoms with Gasteiger partial charge in [-0.1, -0.05) is 12.2 Å². The molecule has 0 aliphatic rings. The number of thiocarbonyl (C=S) groups is 1. The van der Waals surface area contributed by atoms with Crippen LogP contribution in [0, 0.1) is 25.5 Å². The Kier molecular flexibility index (Phi) is 4.53. The van der Waals surface area contributed by atoms with E-state index in [0.717, 1.165) is 15.6 Å². The maximum Gasteiger partial charge on any atom is 0.182 e. The molecule has 1 heterocycles. The maximum atomic E-state index is 14.0. The third-order valence-electron chi connectivity index (χ3n) is 3.05. The lowest BCUT2D eigenvalue weighted by Gasteiger charge is -2.16. The van der Waals surface area contributed by atoms with Crippen molar-refractivity contribution in [2.24, 2.45) is 5.73 Å². The van der Waals surface area contributed by atoms with Crippen LogP contribution in [0.5, 0.6) is 0 Å².